The summed E-state index contributed by atoms with van der Waals surface area (Å²) in [5, 5.41) is 2.71. The van der Waals surface area contributed by atoms with E-state index in [1.165, 1.54) is 14.0 Å². The number of hydrogen-bond acceptors (Lipinski definition) is 5. The molecule has 1 saturated heterocycles. The normalized spacial score (nSPS) is 21.5. The minimum atomic E-state index is -0.504. The molecule has 92 valence electrons. The zero-order valence-electron chi connectivity index (χ0n) is 9.69. The van der Waals surface area contributed by atoms with E-state index in [2.05, 4.69) is 15.0 Å². The van der Waals surface area contributed by atoms with E-state index in [0.29, 0.717) is 19.7 Å². The molecule has 0 aliphatic carbocycles. The van der Waals surface area contributed by atoms with Gasteiger partial charge in [-0.15, -0.1) is 0 Å². The van der Waals surface area contributed by atoms with Gasteiger partial charge in [-0.3, -0.25) is 9.69 Å². The number of nitrogens with zero attached hydrogens (tertiary/aromatic N) is 1. The van der Waals surface area contributed by atoms with Crippen LogP contribution in [0.4, 0.5) is 0 Å². The zero-order chi connectivity index (χ0) is 12.0. The number of morpholine rings is 1. The number of ether oxygens (including phenoxy) is 2. The predicted molar refractivity (Wildman–Crippen MR) is 56.9 cm³/mol. The summed E-state index contributed by atoms with van der Waals surface area (Å²) < 4.78 is 9.91. The van der Waals surface area contributed by atoms with Crippen LogP contribution in [0.1, 0.15) is 6.92 Å². The monoisotopic (exact) mass is 230 g/mol. The molecule has 0 aromatic heterocycles. The van der Waals surface area contributed by atoms with Gasteiger partial charge in [0.05, 0.1) is 13.7 Å². The van der Waals surface area contributed by atoms with E-state index < -0.39 is 6.10 Å². The average Bonchev–Trinajstić information content (AvgIpc) is 2.28. The molecule has 6 nitrogen and oxygen atoms in total. The van der Waals surface area contributed by atoms with Crippen LogP contribution in [0.3, 0.4) is 0 Å². The first kappa shape index (κ1) is 12.9. The highest BCUT2D eigenvalue weighted by Crippen LogP contribution is 2.05. The SMILES string of the molecule is COC(=O)C1CN(CCNC(C)=O)CCO1. The summed E-state index contributed by atoms with van der Waals surface area (Å²) >= 11 is 0. The molecule has 1 rings (SSSR count). The smallest absolute Gasteiger partial charge is 0.336 e. The zero-order valence-corrected chi connectivity index (χ0v) is 9.69. The number of carbonyl (C=O) groups is 2. The lowest BCUT2D eigenvalue weighted by Crippen LogP contribution is -2.48. The minimum Gasteiger partial charge on any atom is -0.467 e. The van der Waals surface area contributed by atoms with Crippen LogP contribution in [0.2, 0.25) is 0 Å². The summed E-state index contributed by atoms with van der Waals surface area (Å²) in [5.41, 5.74) is 0. The fourth-order valence-corrected chi connectivity index (χ4v) is 1.57. The Morgan fingerprint density at radius 1 is 1.56 bits per heavy atom. The Hall–Kier alpha value is -1.14. The van der Waals surface area contributed by atoms with Crippen molar-refractivity contribution in [2.75, 3.05) is 39.9 Å². The lowest BCUT2D eigenvalue weighted by atomic mass is 10.2. The molecular weight excluding hydrogens is 212 g/mol. The van der Waals surface area contributed by atoms with Gasteiger partial charge in [0.25, 0.3) is 0 Å². The molecule has 0 spiro atoms. The van der Waals surface area contributed by atoms with E-state index in [9.17, 15) is 9.59 Å². The minimum absolute atomic E-state index is 0.0437. The topological polar surface area (TPSA) is 67.9 Å². The summed E-state index contributed by atoms with van der Waals surface area (Å²) in [4.78, 5) is 24.0. The maximum Gasteiger partial charge on any atom is 0.336 e. The fourth-order valence-electron chi connectivity index (χ4n) is 1.57. The first-order valence-corrected chi connectivity index (χ1v) is 5.29. The molecule has 16 heavy (non-hydrogen) atoms. The molecule has 1 fully saturated rings. The average molecular weight is 230 g/mol. The van der Waals surface area contributed by atoms with Gasteiger partial charge in [0.1, 0.15) is 0 Å². The second-order valence-corrected chi connectivity index (χ2v) is 3.67. The number of esters is 1. The summed E-state index contributed by atoms with van der Waals surface area (Å²) in [6.45, 7) is 4.59. The third-order valence-electron chi connectivity index (χ3n) is 2.42. The molecule has 0 bridgehead atoms. The Kier molecular flexibility index (Phi) is 5.21. The lowest BCUT2D eigenvalue weighted by Gasteiger charge is -2.31. The molecule has 6 heteroatoms. The van der Waals surface area contributed by atoms with Crippen molar-refractivity contribution < 1.29 is 19.1 Å². The van der Waals surface area contributed by atoms with Crippen molar-refractivity contribution in [3.05, 3.63) is 0 Å². The number of rotatable bonds is 4. The number of nitrogens with one attached hydrogen (secondary N) is 1. The summed E-state index contributed by atoms with van der Waals surface area (Å²) in [6.07, 6.45) is -0.504. The van der Waals surface area contributed by atoms with Crippen molar-refractivity contribution >= 4 is 11.9 Å². The molecule has 1 aliphatic heterocycles. The lowest BCUT2D eigenvalue weighted by molar-refractivity contribution is -0.159. The Morgan fingerprint density at radius 3 is 2.94 bits per heavy atom. The molecule has 1 atom stereocenters. The van der Waals surface area contributed by atoms with E-state index in [0.717, 1.165) is 13.1 Å². The highest BCUT2D eigenvalue weighted by molar-refractivity contribution is 5.75. The molecule has 1 heterocycles. The van der Waals surface area contributed by atoms with Gasteiger partial charge >= 0.3 is 5.97 Å². The quantitative estimate of drug-likeness (QED) is 0.627. The Morgan fingerprint density at radius 2 is 2.31 bits per heavy atom. The number of hydrogen-bond donors (Lipinski definition) is 1. The maximum absolute atomic E-state index is 11.3. The van der Waals surface area contributed by atoms with Gasteiger partial charge in [0.2, 0.25) is 5.91 Å². The van der Waals surface area contributed by atoms with Crippen molar-refractivity contribution in [2.24, 2.45) is 0 Å². The van der Waals surface area contributed by atoms with Crippen molar-refractivity contribution in [2.45, 2.75) is 13.0 Å². The van der Waals surface area contributed by atoms with Crippen LogP contribution in [0.5, 0.6) is 0 Å². The van der Waals surface area contributed by atoms with Crippen LogP contribution >= 0.6 is 0 Å². The van der Waals surface area contributed by atoms with Gasteiger partial charge in [-0.05, 0) is 0 Å². The van der Waals surface area contributed by atoms with Gasteiger partial charge < -0.3 is 14.8 Å². The van der Waals surface area contributed by atoms with Crippen LogP contribution in [-0.2, 0) is 19.1 Å². The molecule has 1 aliphatic rings. The van der Waals surface area contributed by atoms with Crippen molar-refractivity contribution in [3.63, 3.8) is 0 Å². The van der Waals surface area contributed by atoms with E-state index in [1.54, 1.807) is 0 Å². The van der Waals surface area contributed by atoms with Crippen LogP contribution < -0.4 is 5.32 Å². The van der Waals surface area contributed by atoms with E-state index in [4.69, 9.17) is 4.74 Å². The molecule has 1 unspecified atom stereocenters. The molecule has 0 aromatic carbocycles. The Balaban J connectivity index is 2.27. The third-order valence-corrected chi connectivity index (χ3v) is 2.42. The Labute approximate surface area is 94.9 Å². The summed E-state index contributed by atoms with van der Waals surface area (Å²) in [5.74, 6) is -0.387. The largest absolute Gasteiger partial charge is 0.467 e. The van der Waals surface area contributed by atoms with Crippen LogP contribution in [0, 0.1) is 0 Å². The van der Waals surface area contributed by atoms with Gasteiger partial charge in [-0.25, -0.2) is 4.79 Å². The second kappa shape index (κ2) is 6.44. The van der Waals surface area contributed by atoms with E-state index >= 15 is 0 Å². The van der Waals surface area contributed by atoms with Crippen LogP contribution in [0.25, 0.3) is 0 Å². The molecule has 0 aromatic rings. The van der Waals surface area contributed by atoms with Crippen LogP contribution in [-0.4, -0.2) is 62.8 Å². The summed E-state index contributed by atoms with van der Waals surface area (Å²) in [7, 11) is 1.35. The fraction of sp³-hybridized carbons (Fsp3) is 0.800. The van der Waals surface area contributed by atoms with Gasteiger partial charge in [-0.1, -0.05) is 0 Å². The first-order chi connectivity index (χ1) is 7.63. The molecule has 0 saturated carbocycles. The van der Waals surface area contributed by atoms with E-state index in [-0.39, 0.29) is 11.9 Å². The van der Waals surface area contributed by atoms with Crippen LogP contribution in [0.15, 0.2) is 0 Å². The number of carbonyl (C=O) groups excluding carboxylic acids is 2. The highest BCUT2D eigenvalue weighted by Gasteiger charge is 2.26. The standard InChI is InChI=1S/C10H18N2O4/c1-8(13)11-3-4-12-5-6-16-9(7-12)10(14)15-2/h9H,3-7H2,1-2H3,(H,11,13). The van der Waals surface area contributed by atoms with E-state index in [1.807, 2.05) is 0 Å². The highest BCUT2D eigenvalue weighted by atomic mass is 16.6. The van der Waals surface area contributed by atoms with Crippen molar-refractivity contribution in [1.82, 2.24) is 10.2 Å². The number of amides is 1. The molecule has 0 radical (unpaired) electrons. The van der Waals surface area contributed by atoms with Crippen molar-refractivity contribution in [1.29, 1.82) is 0 Å². The molecular formula is C10H18N2O4. The van der Waals surface area contributed by atoms with Gasteiger partial charge in [-0.2, -0.15) is 0 Å². The number of methoxy groups -OCH3 is 1. The molecule has 1 N–H and O–H groups in total. The summed E-state index contributed by atoms with van der Waals surface area (Å²) in [6, 6.07) is 0. The Bertz CT molecular complexity index is 257. The molecule has 1 amide bonds. The second-order valence-electron chi connectivity index (χ2n) is 3.67. The maximum atomic E-state index is 11.3. The third kappa shape index (κ3) is 4.16. The van der Waals surface area contributed by atoms with Gasteiger partial charge in [0, 0.05) is 33.1 Å². The predicted octanol–water partition coefficient (Wildman–Crippen LogP) is -1.00. The first-order valence-electron chi connectivity index (χ1n) is 5.29. The van der Waals surface area contributed by atoms with Gasteiger partial charge in [0.15, 0.2) is 6.10 Å². The van der Waals surface area contributed by atoms with Crippen molar-refractivity contribution in [3.8, 4) is 0 Å².